The highest BCUT2D eigenvalue weighted by molar-refractivity contribution is 5.95. The van der Waals surface area contributed by atoms with Crippen LogP contribution >= 0.6 is 0 Å². The van der Waals surface area contributed by atoms with Crippen LogP contribution in [0.25, 0.3) is 11.1 Å². The van der Waals surface area contributed by atoms with E-state index >= 15 is 0 Å². The fraction of sp³-hybridized carbons (Fsp3) is 0.235. The van der Waals surface area contributed by atoms with E-state index in [-0.39, 0.29) is 0 Å². The molecule has 3 heteroatoms. The number of methoxy groups -OCH3 is 2. The second-order valence-corrected chi connectivity index (χ2v) is 4.83. The van der Waals surface area contributed by atoms with Crippen LogP contribution in [0.1, 0.15) is 16.7 Å². The minimum absolute atomic E-state index is 0.703. The van der Waals surface area contributed by atoms with Crippen molar-refractivity contribution in [2.45, 2.75) is 13.5 Å². The summed E-state index contributed by atoms with van der Waals surface area (Å²) in [5.74, 6) is 1.53. The van der Waals surface area contributed by atoms with E-state index in [9.17, 15) is 0 Å². The Kier molecular flexibility index (Phi) is 3.18. The Bertz CT molecular complexity index is 690. The molecule has 3 nitrogen and oxygen atoms in total. The van der Waals surface area contributed by atoms with Gasteiger partial charge in [-0.2, -0.15) is 0 Å². The van der Waals surface area contributed by atoms with Crippen LogP contribution in [0.2, 0.25) is 0 Å². The zero-order valence-corrected chi connectivity index (χ0v) is 11.9. The molecule has 0 amide bonds. The minimum Gasteiger partial charge on any atom is -0.493 e. The van der Waals surface area contributed by atoms with Crippen molar-refractivity contribution in [3.05, 3.63) is 47.0 Å². The van der Waals surface area contributed by atoms with E-state index in [1.165, 1.54) is 11.1 Å². The van der Waals surface area contributed by atoms with Crippen molar-refractivity contribution < 1.29 is 9.47 Å². The Morgan fingerprint density at radius 1 is 1.05 bits per heavy atom. The first kappa shape index (κ1) is 12.7. The fourth-order valence-corrected chi connectivity index (χ4v) is 2.73. The van der Waals surface area contributed by atoms with Crippen molar-refractivity contribution >= 4 is 6.21 Å². The molecule has 0 bridgehead atoms. The van der Waals surface area contributed by atoms with E-state index in [4.69, 9.17) is 9.47 Å². The van der Waals surface area contributed by atoms with Gasteiger partial charge in [-0.15, -0.1) is 0 Å². The van der Waals surface area contributed by atoms with Crippen LogP contribution in [0.5, 0.6) is 11.5 Å². The molecule has 2 aromatic carbocycles. The molecule has 1 aliphatic heterocycles. The van der Waals surface area contributed by atoms with Crippen LogP contribution in [0, 0.1) is 6.92 Å². The lowest BCUT2D eigenvalue weighted by Gasteiger charge is -2.16. The Balaban J connectivity index is 2.35. The van der Waals surface area contributed by atoms with Gasteiger partial charge in [-0.25, -0.2) is 0 Å². The van der Waals surface area contributed by atoms with Gasteiger partial charge in [0, 0.05) is 17.3 Å². The normalized spacial score (nSPS) is 12.3. The molecular formula is C17H17NO2. The molecule has 0 unspecified atom stereocenters. The van der Waals surface area contributed by atoms with Crippen LogP contribution < -0.4 is 9.47 Å². The maximum Gasteiger partial charge on any atom is 0.164 e. The predicted molar refractivity (Wildman–Crippen MR) is 81.0 cm³/mol. The lowest BCUT2D eigenvalue weighted by atomic mass is 9.93. The minimum atomic E-state index is 0.703. The molecule has 1 aliphatic rings. The van der Waals surface area contributed by atoms with E-state index in [1.54, 1.807) is 14.2 Å². The number of nitrogens with zero attached hydrogens (tertiary/aromatic N) is 1. The number of fused-ring (bicyclic) bond motifs is 3. The maximum atomic E-state index is 5.48. The number of hydrogen-bond donors (Lipinski definition) is 0. The van der Waals surface area contributed by atoms with Crippen LogP contribution in [0.3, 0.4) is 0 Å². The molecule has 0 N–H and O–H groups in total. The van der Waals surface area contributed by atoms with Crippen LogP contribution in [-0.2, 0) is 6.54 Å². The van der Waals surface area contributed by atoms with Gasteiger partial charge in [0.1, 0.15) is 0 Å². The maximum absolute atomic E-state index is 5.48. The fourth-order valence-electron chi connectivity index (χ4n) is 2.73. The molecule has 102 valence electrons. The van der Waals surface area contributed by atoms with Gasteiger partial charge in [-0.05, 0) is 29.7 Å². The summed E-state index contributed by atoms with van der Waals surface area (Å²) in [6.07, 6.45) is 1.94. The van der Waals surface area contributed by atoms with E-state index in [1.807, 2.05) is 25.3 Å². The van der Waals surface area contributed by atoms with Gasteiger partial charge in [-0.3, -0.25) is 4.99 Å². The van der Waals surface area contributed by atoms with Crippen molar-refractivity contribution in [3.8, 4) is 22.6 Å². The molecule has 1 heterocycles. The van der Waals surface area contributed by atoms with Crippen LogP contribution in [0.15, 0.2) is 35.3 Å². The Hall–Kier alpha value is -2.29. The predicted octanol–water partition coefficient (Wildman–Crippen LogP) is 3.61. The van der Waals surface area contributed by atoms with Crippen molar-refractivity contribution in [3.63, 3.8) is 0 Å². The molecule has 0 saturated heterocycles. The third-order valence-corrected chi connectivity index (χ3v) is 3.75. The van der Waals surface area contributed by atoms with Crippen molar-refractivity contribution in [1.82, 2.24) is 0 Å². The van der Waals surface area contributed by atoms with Crippen LogP contribution in [-0.4, -0.2) is 20.4 Å². The van der Waals surface area contributed by atoms with E-state index in [0.717, 1.165) is 28.2 Å². The van der Waals surface area contributed by atoms with E-state index in [0.29, 0.717) is 6.54 Å². The first-order chi connectivity index (χ1) is 9.76. The monoisotopic (exact) mass is 267 g/mol. The average molecular weight is 267 g/mol. The van der Waals surface area contributed by atoms with Crippen molar-refractivity contribution in [2.24, 2.45) is 4.99 Å². The van der Waals surface area contributed by atoms with Crippen molar-refractivity contribution in [2.75, 3.05) is 14.2 Å². The van der Waals surface area contributed by atoms with Crippen LogP contribution in [0.4, 0.5) is 0 Å². The van der Waals surface area contributed by atoms with Gasteiger partial charge in [0.2, 0.25) is 0 Å². The van der Waals surface area contributed by atoms with Gasteiger partial charge in [0.05, 0.1) is 20.8 Å². The zero-order valence-electron chi connectivity index (χ0n) is 11.9. The third-order valence-electron chi connectivity index (χ3n) is 3.75. The second kappa shape index (κ2) is 5.00. The summed E-state index contributed by atoms with van der Waals surface area (Å²) in [5.41, 5.74) is 5.75. The highest BCUT2D eigenvalue weighted by atomic mass is 16.5. The summed E-state index contributed by atoms with van der Waals surface area (Å²) in [6, 6.07) is 10.4. The zero-order chi connectivity index (χ0) is 14.1. The molecule has 20 heavy (non-hydrogen) atoms. The lowest BCUT2D eigenvalue weighted by Crippen LogP contribution is -1.99. The summed E-state index contributed by atoms with van der Waals surface area (Å²) in [5, 5.41) is 0. The molecule has 0 fully saturated rings. The summed E-state index contributed by atoms with van der Waals surface area (Å²) >= 11 is 0. The molecular weight excluding hydrogens is 250 g/mol. The van der Waals surface area contributed by atoms with Gasteiger partial charge in [0.25, 0.3) is 0 Å². The van der Waals surface area contributed by atoms with Gasteiger partial charge < -0.3 is 9.47 Å². The van der Waals surface area contributed by atoms with Gasteiger partial charge in [0.15, 0.2) is 11.5 Å². The number of benzene rings is 2. The summed E-state index contributed by atoms with van der Waals surface area (Å²) in [7, 11) is 3.33. The first-order valence-corrected chi connectivity index (χ1v) is 6.60. The summed E-state index contributed by atoms with van der Waals surface area (Å²) in [6.45, 7) is 2.75. The lowest BCUT2D eigenvalue weighted by molar-refractivity contribution is 0.353. The average Bonchev–Trinajstić information content (AvgIpc) is 2.67. The summed E-state index contributed by atoms with van der Waals surface area (Å²) in [4.78, 5) is 4.52. The number of aliphatic imine (C=N–C) groups is 1. The highest BCUT2D eigenvalue weighted by Crippen LogP contribution is 2.40. The molecule has 3 rings (SSSR count). The molecule has 0 saturated carbocycles. The number of rotatable bonds is 2. The van der Waals surface area contributed by atoms with E-state index in [2.05, 4.69) is 23.2 Å². The summed E-state index contributed by atoms with van der Waals surface area (Å²) < 4.78 is 10.9. The number of ether oxygens (including phenoxy) is 2. The van der Waals surface area contributed by atoms with Gasteiger partial charge in [-0.1, -0.05) is 24.3 Å². The SMILES string of the molecule is COc1cc2c(c(C)c1OC)C=NCc1ccccc1-2. The highest BCUT2D eigenvalue weighted by Gasteiger charge is 2.19. The van der Waals surface area contributed by atoms with Gasteiger partial charge >= 0.3 is 0 Å². The molecule has 0 atom stereocenters. The third kappa shape index (κ3) is 1.86. The largest absolute Gasteiger partial charge is 0.493 e. The standard InChI is InChI=1S/C17H17NO2/c1-11-15-10-18-9-12-6-4-5-7-13(12)14(15)8-16(19-2)17(11)20-3/h4-8,10H,9H2,1-3H3. The molecule has 0 aliphatic carbocycles. The Morgan fingerprint density at radius 2 is 1.85 bits per heavy atom. The number of hydrogen-bond acceptors (Lipinski definition) is 3. The molecule has 0 spiro atoms. The molecule has 0 radical (unpaired) electrons. The Morgan fingerprint density at radius 3 is 2.60 bits per heavy atom. The topological polar surface area (TPSA) is 30.8 Å². The smallest absolute Gasteiger partial charge is 0.164 e. The molecule has 0 aromatic heterocycles. The Labute approximate surface area is 118 Å². The second-order valence-electron chi connectivity index (χ2n) is 4.83. The molecule has 2 aromatic rings. The van der Waals surface area contributed by atoms with E-state index < -0.39 is 0 Å². The van der Waals surface area contributed by atoms with Crippen molar-refractivity contribution in [1.29, 1.82) is 0 Å². The quantitative estimate of drug-likeness (QED) is 0.832. The first-order valence-electron chi connectivity index (χ1n) is 6.60.